The summed E-state index contributed by atoms with van der Waals surface area (Å²) in [5.41, 5.74) is -0.172. The van der Waals surface area contributed by atoms with Gasteiger partial charge in [-0.25, -0.2) is 13.1 Å². The van der Waals surface area contributed by atoms with Crippen molar-refractivity contribution < 1.29 is 18.1 Å². The maximum Gasteiger partial charge on any atom is 0.269 e. The highest BCUT2D eigenvalue weighted by Crippen LogP contribution is 2.27. The fraction of sp³-hybridized carbons (Fsp3) is 0.588. The predicted molar refractivity (Wildman–Crippen MR) is 97.1 cm³/mol. The van der Waals surface area contributed by atoms with Crippen LogP contribution in [0.25, 0.3) is 0 Å². The van der Waals surface area contributed by atoms with E-state index in [9.17, 15) is 23.3 Å². The Balaban J connectivity index is 1.69. The number of hydrogen-bond acceptors (Lipinski definition) is 5. The second-order valence-electron chi connectivity index (χ2n) is 6.54. The van der Waals surface area contributed by atoms with E-state index in [-0.39, 0.29) is 29.6 Å². The number of nitrogens with zero attached hydrogens (tertiary/aromatic N) is 1. The molecule has 9 heteroatoms. The lowest BCUT2D eigenvalue weighted by molar-refractivity contribution is -0.384. The van der Waals surface area contributed by atoms with Crippen LogP contribution in [0, 0.1) is 16.0 Å². The van der Waals surface area contributed by atoms with E-state index in [2.05, 4.69) is 10.0 Å². The van der Waals surface area contributed by atoms with Gasteiger partial charge >= 0.3 is 0 Å². The minimum Gasteiger partial charge on any atom is -0.355 e. The van der Waals surface area contributed by atoms with Crippen molar-refractivity contribution in [2.45, 2.75) is 49.8 Å². The zero-order valence-corrected chi connectivity index (χ0v) is 15.5. The van der Waals surface area contributed by atoms with Crippen molar-refractivity contribution in [2.75, 3.05) is 13.1 Å². The molecule has 0 bridgehead atoms. The lowest BCUT2D eigenvalue weighted by atomic mass is 9.86. The van der Waals surface area contributed by atoms with Crippen molar-refractivity contribution in [1.82, 2.24) is 10.0 Å². The molecule has 26 heavy (non-hydrogen) atoms. The third-order valence-electron chi connectivity index (χ3n) is 4.60. The van der Waals surface area contributed by atoms with E-state index < -0.39 is 14.9 Å². The third-order valence-corrected chi connectivity index (χ3v) is 6.08. The minimum atomic E-state index is -3.75. The molecule has 2 rings (SSSR count). The smallest absolute Gasteiger partial charge is 0.269 e. The number of non-ortho nitro benzene ring substituents is 1. The monoisotopic (exact) mass is 383 g/mol. The predicted octanol–water partition coefficient (Wildman–Crippen LogP) is 2.35. The van der Waals surface area contributed by atoms with Gasteiger partial charge in [0.1, 0.15) is 0 Å². The van der Waals surface area contributed by atoms with Crippen LogP contribution in [0.15, 0.2) is 29.2 Å². The van der Waals surface area contributed by atoms with Crippen molar-refractivity contribution in [2.24, 2.45) is 5.92 Å². The van der Waals surface area contributed by atoms with Crippen molar-refractivity contribution >= 4 is 21.6 Å². The number of nitro benzene ring substituents is 1. The van der Waals surface area contributed by atoms with E-state index in [1.54, 1.807) is 0 Å². The van der Waals surface area contributed by atoms with Crippen molar-refractivity contribution in [3.05, 3.63) is 34.4 Å². The van der Waals surface area contributed by atoms with Gasteiger partial charge in [0.15, 0.2) is 0 Å². The van der Waals surface area contributed by atoms with Crippen molar-refractivity contribution in [1.29, 1.82) is 0 Å². The number of carbonyl (C=O) groups excluding carboxylic acids is 1. The number of nitro groups is 1. The molecule has 0 saturated heterocycles. The molecule has 1 aromatic carbocycles. The molecule has 144 valence electrons. The summed E-state index contributed by atoms with van der Waals surface area (Å²) in [6.07, 6.45) is 7.54. The topological polar surface area (TPSA) is 118 Å². The van der Waals surface area contributed by atoms with E-state index in [1.807, 2.05) is 0 Å². The molecule has 8 nitrogen and oxygen atoms in total. The maximum atomic E-state index is 12.1. The highest BCUT2D eigenvalue weighted by Gasteiger charge is 2.16. The van der Waals surface area contributed by atoms with Crippen LogP contribution in [0.3, 0.4) is 0 Å². The Hall–Kier alpha value is -2.00. The molecule has 1 fully saturated rings. The second kappa shape index (κ2) is 9.63. The van der Waals surface area contributed by atoms with E-state index >= 15 is 0 Å². The third kappa shape index (κ3) is 6.38. The number of sulfonamides is 1. The average Bonchev–Trinajstić information content (AvgIpc) is 2.64. The van der Waals surface area contributed by atoms with Crippen LogP contribution in [0.1, 0.15) is 44.9 Å². The quantitative estimate of drug-likeness (QED) is 0.385. The molecule has 0 aromatic heterocycles. The Bertz CT molecular complexity index is 712. The average molecular weight is 383 g/mol. The molecule has 0 atom stereocenters. The normalized spacial score (nSPS) is 15.5. The Morgan fingerprint density at radius 3 is 2.38 bits per heavy atom. The first-order valence-corrected chi connectivity index (χ1v) is 10.4. The maximum absolute atomic E-state index is 12.1. The van der Waals surface area contributed by atoms with Crippen LogP contribution in [0.2, 0.25) is 0 Å². The molecular formula is C17H25N3O5S. The van der Waals surface area contributed by atoms with Gasteiger partial charge in [0, 0.05) is 31.6 Å². The largest absolute Gasteiger partial charge is 0.355 e. The van der Waals surface area contributed by atoms with Crippen LogP contribution < -0.4 is 10.0 Å². The van der Waals surface area contributed by atoms with E-state index in [0.29, 0.717) is 12.3 Å². The fourth-order valence-corrected chi connectivity index (χ4v) is 4.15. The first-order valence-electron chi connectivity index (χ1n) is 8.89. The number of benzene rings is 1. The zero-order valence-electron chi connectivity index (χ0n) is 14.6. The molecule has 0 aliphatic heterocycles. The molecule has 1 amide bonds. The van der Waals surface area contributed by atoms with Gasteiger partial charge in [-0.1, -0.05) is 32.1 Å². The zero-order chi connectivity index (χ0) is 19.0. The van der Waals surface area contributed by atoms with Crippen LogP contribution in [-0.4, -0.2) is 32.3 Å². The molecular weight excluding hydrogens is 358 g/mol. The summed E-state index contributed by atoms with van der Waals surface area (Å²) in [5.74, 6) is 0.570. The van der Waals surface area contributed by atoms with Crippen molar-refractivity contribution in [3.63, 3.8) is 0 Å². The molecule has 0 unspecified atom stereocenters. The summed E-state index contributed by atoms with van der Waals surface area (Å²) < 4.78 is 26.6. The Kier molecular flexibility index (Phi) is 7.52. The number of amides is 1. The molecule has 1 saturated carbocycles. The number of hydrogen-bond donors (Lipinski definition) is 2. The molecule has 0 spiro atoms. The molecule has 1 aliphatic carbocycles. The van der Waals surface area contributed by atoms with Gasteiger partial charge in [0.05, 0.1) is 9.82 Å². The highest BCUT2D eigenvalue weighted by molar-refractivity contribution is 7.89. The van der Waals surface area contributed by atoms with Crippen LogP contribution in [0.4, 0.5) is 5.69 Å². The molecule has 2 N–H and O–H groups in total. The van der Waals surface area contributed by atoms with Gasteiger partial charge in [0.2, 0.25) is 15.9 Å². The number of rotatable bonds is 9. The second-order valence-corrected chi connectivity index (χ2v) is 8.31. The van der Waals surface area contributed by atoms with Gasteiger partial charge in [0.25, 0.3) is 5.69 Å². The molecule has 0 radical (unpaired) electrons. The molecule has 0 heterocycles. The summed E-state index contributed by atoms with van der Waals surface area (Å²) >= 11 is 0. The number of nitrogens with one attached hydrogen (secondary N) is 2. The van der Waals surface area contributed by atoms with Gasteiger partial charge < -0.3 is 5.32 Å². The Morgan fingerprint density at radius 1 is 1.12 bits per heavy atom. The summed E-state index contributed by atoms with van der Waals surface area (Å²) in [6.45, 7) is 0.268. The summed E-state index contributed by atoms with van der Waals surface area (Å²) in [7, 11) is -3.75. The van der Waals surface area contributed by atoms with E-state index in [4.69, 9.17) is 0 Å². The van der Waals surface area contributed by atoms with Gasteiger partial charge in [-0.3, -0.25) is 14.9 Å². The Morgan fingerprint density at radius 2 is 1.77 bits per heavy atom. The lowest BCUT2D eigenvalue weighted by Gasteiger charge is -2.20. The minimum absolute atomic E-state index is 0.0493. The fourth-order valence-electron chi connectivity index (χ4n) is 3.12. The van der Waals surface area contributed by atoms with Crippen LogP contribution in [0.5, 0.6) is 0 Å². The van der Waals surface area contributed by atoms with E-state index in [0.717, 1.165) is 18.6 Å². The Labute approximate surface area is 153 Å². The van der Waals surface area contributed by atoms with Gasteiger partial charge in [-0.15, -0.1) is 0 Å². The van der Waals surface area contributed by atoms with Gasteiger partial charge in [-0.2, -0.15) is 0 Å². The SMILES string of the molecule is O=C(CCC1CCCCC1)NCCNS(=O)(=O)c1ccc([N+](=O)[O-])cc1. The summed E-state index contributed by atoms with van der Waals surface area (Å²) in [4.78, 5) is 21.8. The van der Waals surface area contributed by atoms with E-state index in [1.165, 1.54) is 44.2 Å². The standard InChI is InChI=1S/C17H25N3O5S/c21-17(11-6-14-4-2-1-3-5-14)18-12-13-19-26(24,25)16-9-7-15(8-10-16)20(22)23/h7-10,14,19H,1-6,11-13H2,(H,18,21). The first kappa shape index (κ1) is 20.3. The first-order chi connectivity index (χ1) is 12.4. The summed E-state index contributed by atoms with van der Waals surface area (Å²) in [5, 5.41) is 13.3. The number of carbonyl (C=O) groups is 1. The van der Waals surface area contributed by atoms with Crippen molar-refractivity contribution in [3.8, 4) is 0 Å². The molecule has 1 aromatic rings. The highest BCUT2D eigenvalue weighted by atomic mass is 32.2. The van der Waals surface area contributed by atoms with Crippen LogP contribution in [-0.2, 0) is 14.8 Å². The van der Waals surface area contributed by atoms with Gasteiger partial charge in [-0.05, 0) is 24.5 Å². The summed E-state index contributed by atoms with van der Waals surface area (Å²) in [6, 6.07) is 4.65. The molecule has 1 aliphatic rings. The lowest BCUT2D eigenvalue weighted by Crippen LogP contribution is -2.34. The van der Waals surface area contributed by atoms with Crippen LogP contribution >= 0.6 is 0 Å².